The van der Waals surface area contributed by atoms with E-state index in [-0.39, 0.29) is 10.6 Å². The molecule has 1 aromatic heterocycles. The summed E-state index contributed by atoms with van der Waals surface area (Å²) in [7, 11) is 0. The summed E-state index contributed by atoms with van der Waals surface area (Å²) in [6.45, 7) is 1.76. The number of urea groups is 1. The number of aryl methyl sites for hydroxylation is 1. The molecule has 0 bridgehead atoms. The highest BCUT2D eigenvalue weighted by atomic mass is 32.1. The average molecular weight is 301 g/mol. The number of amides is 2. The van der Waals surface area contributed by atoms with Crippen molar-refractivity contribution in [3.05, 3.63) is 46.3 Å². The third kappa shape index (κ3) is 3.58. The van der Waals surface area contributed by atoms with Crippen LogP contribution in [0.2, 0.25) is 0 Å². The van der Waals surface area contributed by atoms with Gasteiger partial charge in [-0.1, -0.05) is 0 Å². The van der Waals surface area contributed by atoms with Crippen molar-refractivity contribution in [2.45, 2.75) is 6.92 Å². The first-order chi connectivity index (χ1) is 9.99. The number of nitrogens with one attached hydrogen (secondary N) is 2. The van der Waals surface area contributed by atoms with E-state index in [1.165, 1.54) is 17.4 Å². The van der Waals surface area contributed by atoms with Gasteiger partial charge in [0.15, 0.2) is 0 Å². The molecule has 0 aliphatic heterocycles. The second-order valence-corrected chi connectivity index (χ2v) is 5.43. The predicted octanol–water partition coefficient (Wildman–Crippen LogP) is 3.27. The van der Waals surface area contributed by atoms with Crippen molar-refractivity contribution in [2.24, 2.45) is 0 Å². The maximum atomic E-state index is 11.8. The average Bonchev–Trinajstić information content (AvgIpc) is 2.80. The molecule has 0 aliphatic rings. The zero-order chi connectivity index (χ0) is 15.4. The Hall–Kier alpha value is -2.85. The topological polar surface area (TPSA) is 102 Å². The number of carboxylic acids is 1. The SMILES string of the molecule is Cc1cc(C(=O)O)c(NC(=O)Nc2ccc(C#N)cc2)s1. The lowest BCUT2D eigenvalue weighted by Crippen LogP contribution is -2.19. The number of carbonyl (C=O) groups is 2. The zero-order valence-electron chi connectivity index (χ0n) is 11.0. The second kappa shape index (κ2) is 6.07. The van der Waals surface area contributed by atoms with Gasteiger partial charge in [-0.2, -0.15) is 5.26 Å². The van der Waals surface area contributed by atoms with Crippen molar-refractivity contribution in [1.82, 2.24) is 0 Å². The Bertz CT molecular complexity index is 729. The van der Waals surface area contributed by atoms with Crippen molar-refractivity contribution >= 4 is 34.0 Å². The first kappa shape index (κ1) is 14.6. The number of thiophene rings is 1. The highest BCUT2D eigenvalue weighted by Gasteiger charge is 2.15. The van der Waals surface area contributed by atoms with E-state index in [9.17, 15) is 9.59 Å². The molecule has 2 amide bonds. The van der Waals surface area contributed by atoms with Gasteiger partial charge in [0.2, 0.25) is 0 Å². The number of anilines is 2. The first-order valence-electron chi connectivity index (χ1n) is 5.91. The van der Waals surface area contributed by atoms with Crippen LogP contribution < -0.4 is 10.6 Å². The summed E-state index contributed by atoms with van der Waals surface area (Å²) in [5.74, 6) is -1.09. The third-order valence-corrected chi connectivity index (χ3v) is 3.55. The number of hydrogen-bond donors (Lipinski definition) is 3. The monoisotopic (exact) mass is 301 g/mol. The molecule has 2 rings (SSSR count). The minimum absolute atomic E-state index is 0.0625. The Morgan fingerprint density at radius 3 is 2.48 bits per heavy atom. The molecule has 0 unspecified atom stereocenters. The lowest BCUT2D eigenvalue weighted by Gasteiger charge is -2.06. The van der Waals surface area contributed by atoms with E-state index < -0.39 is 12.0 Å². The van der Waals surface area contributed by atoms with Crippen LogP contribution >= 0.6 is 11.3 Å². The smallest absolute Gasteiger partial charge is 0.338 e. The predicted molar refractivity (Wildman–Crippen MR) is 79.8 cm³/mol. The fraction of sp³-hybridized carbons (Fsp3) is 0.0714. The number of carboxylic acid groups (broad SMARTS) is 1. The molecule has 7 heteroatoms. The van der Waals surface area contributed by atoms with E-state index in [2.05, 4.69) is 10.6 Å². The van der Waals surface area contributed by atoms with Gasteiger partial charge in [0.25, 0.3) is 0 Å². The van der Waals surface area contributed by atoms with Crippen LogP contribution in [0.4, 0.5) is 15.5 Å². The third-order valence-electron chi connectivity index (χ3n) is 2.58. The molecule has 1 aromatic carbocycles. The van der Waals surface area contributed by atoms with E-state index in [1.807, 2.05) is 6.07 Å². The maximum absolute atomic E-state index is 11.8. The van der Waals surface area contributed by atoms with Gasteiger partial charge in [0.1, 0.15) is 5.00 Å². The number of aromatic carboxylic acids is 1. The van der Waals surface area contributed by atoms with Crippen LogP contribution in [0.15, 0.2) is 30.3 Å². The standard InChI is InChI=1S/C14H11N3O3S/c1-8-6-11(13(18)19)12(21-8)17-14(20)16-10-4-2-9(7-15)3-5-10/h2-6H,1H3,(H,18,19)(H2,16,17,20). The van der Waals surface area contributed by atoms with Gasteiger partial charge in [-0.25, -0.2) is 9.59 Å². The minimum Gasteiger partial charge on any atom is -0.478 e. The number of benzene rings is 1. The molecule has 1 heterocycles. The van der Waals surface area contributed by atoms with Gasteiger partial charge in [-0.15, -0.1) is 11.3 Å². The molecule has 106 valence electrons. The Labute approximate surface area is 124 Å². The molecule has 0 atom stereocenters. The van der Waals surface area contributed by atoms with Crippen molar-refractivity contribution < 1.29 is 14.7 Å². The van der Waals surface area contributed by atoms with Gasteiger partial charge < -0.3 is 10.4 Å². The Kier molecular flexibility index (Phi) is 4.21. The van der Waals surface area contributed by atoms with Gasteiger partial charge in [0, 0.05) is 10.6 Å². The summed E-state index contributed by atoms with van der Waals surface area (Å²) in [5.41, 5.74) is 1.06. The number of carbonyl (C=O) groups excluding carboxylic acids is 1. The lowest BCUT2D eigenvalue weighted by molar-refractivity contribution is 0.0698. The summed E-state index contributed by atoms with van der Waals surface area (Å²) >= 11 is 1.19. The number of nitriles is 1. The number of rotatable bonds is 3. The highest BCUT2D eigenvalue weighted by molar-refractivity contribution is 7.16. The Balaban J connectivity index is 2.08. The fourth-order valence-corrected chi connectivity index (χ4v) is 2.56. The molecule has 0 saturated heterocycles. The van der Waals surface area contributed by atoms with Crippen LogP contribution in [-0.4, -0.2) is 17.1 Å². The second-order valence-electron chi connectivity index (χ2n) is 4.17. The minimum atomic E-state index is -1.09. The van der Waals surface area contributed by atoms with Crippen LogP contribution in [0, 0.1) is 18.3 Å². The summed E-state index contributed by atoms with van der Waals surface area (Å²) in [6, 6.07) is 9.28. The molecule has 3 N–H and O–H groups in total. The zero-order valence-corrected chi connectivity index (χ0v) is 11.8. The van der Waals surface area contributed by atoms with Crippen LogP contribution in [0.1, 0.15) is 20.8 Å². The summed E-state index contributed by atoms with van der Waals surface area (Å²) in [5, 5.41) is 23.1. The molecule has 0 aliphatic carbocycles. The van der Waals surface area contributed by atoms with Gasteiger partial charge in [0.05, 0.1) is 17.2 Å². The molecule has 0 radical (unpaired) electrons. The van der Waals surface area contributed by atoms with Crippen molar-refractivity contribution in [2.75, 3.05) is 10.6 Å². The quantitative estimate of drug-likeness (QED) is 0.809. The van der Waals surface area contributed by atoms with E-state index in [1.54, 1.807) is 31.2 Å². The largest absolute Gasteiger partial charge is 0.478 e. The summed E-state index contributed by atoms with van der Waals surface area (Å²) in [4.78, 5) is 23.7. The van der Waals surface area contributed by atoms with Crippen LogP contribution in [0.3, 0.4) is 0 Å². The summed E-state index contributed by atoms with van der Waals surface area (Å²) < 4.78 is 0. The fourth-order valence-electron chi connectivity index (χ4n) is 1.66. The Morgan fingerprint density at radius 1 is 1.24 bits per heavy atom. The first-order valence-corrected chi connectivity index (χ1v) is 6.73. The normalized spacial score (nSPS) is 9.71. The van der Waals surface area contributed by atoms with E-state index in [4.69, 9.17) is 10.4 Å². The molecule has 2 aromatic rings. The highest BCUT2D eigenvalue weighted by Crippen LogP contribution is 2.27. The Morgan fingerprint density at radius 2 is 1.90 bits per heavy atom. The van der Waals surface area contributed by atoms with E-state index in [0.717, 1.165) is 4.88 Å². The number of nitrogens with zero attached hydrogens (tertiary/aromatic N) is 1. The number of hydrogen-bond acceptors (Lipinski definition) is 4. The molecular weight excluding hydrogens is 290 g/mol. The van der Waals surface area contributed by atoms with Crippen molar-refractivity contribution in [3.8, 4) is 6.07 Å². The molecular formula is C14H11N3O3S. The van der Waals surface area contributed by atoms with Crippen LogP contribution in [0.25, 0.3) is 0 Å². The molecule has 21 heavy (non-hydrogen) atoms. The van der Waals surface area contributed by atoms with Crippen LogP contribution in [-0.2, 0) is 0 Å². The van der Waals surface area contributed by atoms with Gasteiger partial charge >= 0.3 is 12.0 Å². The molecule has 0 spiro atoms. The molecule has 6 nitrogen and oxygen atoms in total. The van der Waals surface area contributed by atoms with Gasteiger partial charge in [-0.05, 0) is 37.3 Å². The van der Waals surface area contributed by atoms with E-state index in [0.29, 0.717) is 11.3 Å². The van der Waals surface area contributed by atoms with Gasteiger partial charge in [-0.3, -0.25) is 5.32 Å². The van der Waals surface area contributed by atoms with Crippen molar-refractivity contribution in [1.29, 1.82) is 5.26 Å². The summed E-state index contributed by atoms with van der Waals surface area (Å²) in [6.07, 6.45) is 0. The van der Waals surface area contributed by atoms with Crippen LogP contribution in [0.5, 0.6) is 0 Å². The lowest BCUT2D eigenvalue weighted by atomic mass is 10.2. The van der Waals surface area contributed by atoms with E-state index >= 15 is 0 Å². The van der Waals surface area contributed by atoms with Crippen molar-refractivity contribution in [3.63, 3.8) is 0 Å². The molecule has 0 fully saturated rings. The maximum Gasteiger partial charge on any atom is 0.338 e. The molecule has 0 saturated carbocycles.